The Hall–Kier alpha value is -2.59. The lowest BCUT2D eigenvalue weighted by molar-refractivity contribution is 0.0915. The molecule has 1 N–H and O–H groups in total. The zero-order chi connectivity index (χ0) is 18.0. The summed E-state index contributed by atoms with van der Waals surface area (Å²) < 4.78 is 5.81. The number of benzene rings is 2. The average molecular weight is 336 g/mol. The second-order valence-electron chi connectivity index (χ2n) is 6.66. The summed E-state index contributed by atoms with van der Waals surface area (Å²) in [6.07, 6.45) is 0. The minimum absolute atomic E-state index is 0.108. The number of furan rings is 1. The van der Waals surface area contributed by atoms with Crippen LogP contribution >= 0.6 is 0 Å². The Morgan fingerprint density at radius 3 is 2.52 bits per heavy atom. The SMILES string of the molecule is Cc1ccc2c(C)c(C(=O)NCC(c3ccccc3)N(C)C)oc2c1. The van der Waals surface area contributed by atoms with Crippen molar-refractivity contribution >= 4 is 16.9 Å². The lowest BCUT2D eigenvalue weighted by Crippen LogP contribution is -2.34. The van der Waals surface area contributed by atoms with Crippen LogP contribution in [0.1, 0.15) is 33.3 Å². The van der Waals surface area contributed by atoms with Crippen molar-refractivity contribution in [3.8, 4) is 0 Å². The van der Waals surface area contributed by atoms with E-state index in [1.807, 2.05) is 64.3 Å². The first-order valence-corrected chi connectivity index (χ1v) is 8.46. The van der Waals surface area contributed by atoms with Gasteiger partial charge in [0, 0.05) is 17.5 Å². The number of hydrogen-bond donors (Lipinski definition) is 1. The van der Waals surface area contributed by atoms with Gasteiger partial charge in [0.25, 0.3) is 5.91 Å². The molecule has 0 bridgehead atoms. The van der Waals surface area contributed by atoms with Crippen LogP contribution in [0.25, 0.3) is 11.0 Å². The molecule has 0 fully saturated rings. The molecule has 0 saturated carbocycles. The lowest BCUT2D eigenvalue weighted by Gasteiger charge is -2.25. The molecule has 1 amide bonds. The summed E-state index contributed by atoms with van der Waals surface area (Å²) in [5.74, 6) is 0.223. The Bertz CT molecular complexity index is 882. The molecule has 1 atom stereocenters. The fraction of sp³-hybridized carbons (Fsp3) is 0.286. The van der Waals surface area contributed by atoms with Crippen molar-refractivity contribution in [3.63, 3.8) is 0 Å². The van der Waals surface area contributed by atoms with Crippen molar-refractivity contribution in [1.29, 1.82) is 0 Å². The number of nitrogens with zero attached hydrogens (tertiary/aromatic N) is 1. The van der Waals surface area contributed by atoms with E-state index in [-0.39, 0.29) is 11.9 Å². The van der Waals surface area contributed by atoms with E-state index in [0.29, 0.717) is 12.3 Å². The second-order valence-corrected chi connectivity index (χ2v) is 6.66. The predicted molar refractivity (Wildman–Crippen MR) is 101 cm³/mol. The Balaban J connectivity index is 1.79. The zero-order valence-corrected chi connectivity index (χ0v) is 15.2. The van der Waals surface area contributed by atoms with Crippen molar-refractivity contribution < 1.29 is 9.21 Å². The maximum absolute atomic E-state index is 12.7. The third-order valence-electron chi connectivity index (χ3n) is 4.56. The largest absolute Gasteiger partial charge is 0.451 e. The van der Waals surface area contributed by atoms with Crippen LogP contribution in [-0.2, 0) is 0 Å². The molecule has 0 aliphatic carbocycles. The molecule has 3 rings (SSSR count). The van der Waals surface area contributed by atoms with Gasteiger partial charge in [-0.2, -0.15) is 0 Å². The Morgan fingerprint density at radius 1 is 1.12 bits per heavy atom. The third kappa shape index (κ3) is 3.59. The monoisotopic (exact) mass is 336 g/mol. The molecule has 0 aliphatic rings. The zero-order valence-electron chi connectivity index (χ0n) is 15.2. The van der Waals surface area contributed by atoms with E-state index in [9.17, 15) is 4.79 Å². The summed E-state index contributed by atoms with van der Waals surface area (Å²) >= 11 is 0. The summed E-state index contributed by atoms with van der Waals surface area (Å²) in [6, 6.07) is 16.3. The van der Waals surface area contributed by atoms with Gasteiger partial charge in [0.2, 0.25) is 0 Å². The first kappa shape index (κ1) is 17.2. The fourth-order valence-corrected chi connectivity index (χ4v) is 3.09. The molecule has 3 aromatic rings. The highest BCUT2D eigenvalue weighted by Gasteiger charge is 2.20. The molecule has 1 unspecified atom stereocenters. The molecule has 4 heteroatoms. The standard InChI is InChI=1S/C21H24N2O2/c1-14-10-11-17-15(2)20(25-19(17)12-14)21(24)22-13-18(23(3)4)16-8-6-5-7-9-16/h5-12,18H,13H2,1-4H3,(H,22,24). The quantitative estimate of drug-likeness (QED) is 0.763. The van der Waals surface area contributed by atoms with E-state index >= 15 is 0 Å². The van der Waals surface area contributed by atoms with E-state index in [4.69, 9.17) is 4.42 Å². The lowest BCUT2D eigenvalue weighted by atomic mass is 10.1. The van der Waals surface area contributed by atoms with E-state index in [1.54, 1.807) is 0 Å². The maximum atomic E-state index is 12.7. The molecular formula is C21H24N2O2. The molecule has 0 radical (unpaired) electrons. The smallest absolute Gasteiger partial charge is 0.287 e. The number of carbonyl (C=O) groups excluding carboxylic acids is 1. The van der Waals surface area contributed by atoms with Crippen LogP contribution in [-0.4, -0.2) is 31.4 Å². The van der Waals surface area contributed by atoms with Crippen LogP contribution in [0.15, 0.2) is 52.9 Å². The van der Waals surface area contributed by atoms with Crippen LogP contribution in [0.4, 0.5) is 0 Å². The maximum Gasteiger partial charge on any atom is 0.287 e. The topological polar surface area (TPSA) is 45.5 Å². The van der Waals surface area contributed by atoms with E-state index < -0.39 is 0 Å². The number of amides is 1. The van der Waals surface area contributed by atoms with Crippen LogP contribution < -0.4 is 5.32 Å². The van der Waals surface area contributed by atoms with Gasteiger partial charge in [-0.1, -0.05) is 42.5 Å². The highest BCUT2D eigenvalue weighted by atomic mass is 16.3. The summed E-state index contributed by atoms with van der Waals surface area (Å²) in [5.41, 5.74) is 3.93. The van der Waals surface area contributed by atoms with Crippen LogP contribution in [0.5, 0.6) is 0 Å². The first-order valence-electron chi connectivity index (χ1n) is 8.46. The van der Waals surface area contributed by atoms with Gasteiger partial charge >= 0.3 is 0 Å². The Kier molecular flexibility index (Phi) is 4.91. The molecule has 2 aromatic carbocycles. The van der Waals surface area contributed by atoms with Crippen LogP contribution in [0.2, 0.25) is 0 Å². The summed E-state index contributed by atoms with van der Waals surface area (Å²) in [6.45, 7) is 4.46. The molecule has 1 heterocycles. The number of carbonyl (C=O) groups is 1. The molecule has 0 saturated heterocycles. The van der Waals surface area contributed by atoms with Gasteiger partial charge in [-0.15, -0.1) is 0 Å². The van der Waals surface area contributed by atoms with Gasteiger partial charge in [-0.3, -0.25) is 4.79 Å². The molecule has 1 aromatic heterocycles. The van der Waals surface area contributed by atoms with E-state index in [1.165, 1.54) is 5.56 Å². The number of hydrogen-bond acceptors (Lipinski definition) is 3. The van der Waals surface area contributed by atoms with Gasteiger partial charge in [0.15, 0.2) is 5.76 Å². The van der Waals surface area contributed by atoms with Crippen molar-refractivity contribution in [1.82, 2.24) is 10.2 Å². The fourth-order valence-electron chi connectivity index (χ4n) is 3.09. The number of rotatable bonds is 5. The molecule has 130 valence electrons. The summed E-state index contributed by atoms with van der Waals surface area (Å²) in [5, 5.41) is 4.01. The number of aryl methyl sites for hydroxylation is 2. The van der Waals surface area contributed by atoms with E-state index in [2.05, 4.69) is 22.3 Å². The second kappa shape index (κ2) is 7.11. The predicted octanol–water partition coefficient (Wildman–Crippen LogP) is 4.08. The van der Waals surface area contributed by atoms with Gasteiger partial charge in [0.1, 0.15) is 5.58 Å². The summed E-state index contributed by atoms with van der Waals surface area (Å²) in [4.78, 5) is 14.8. The van der Waals surface area contributed by atoms with E-state index in [0.717, 1.165) is 22.1 Å². The molecule has 25 heavy (non-hydrogen) atoms. The highest BCUT2D eigenvalue weighted by Crippen LogP contribution is 2.26. The molecule has 0 aliphatic heterocycles. The van der Waals surface area contributed by atoms with Gasteiger partial charge < -0.3 is 14.6 Å². The first-order chi connectivity index (χ1) is 12.0. The normalized spacial score (nSPS) is 12.5. The van der Waals surface area contributed by atoms with Gasteiger partial charge in [-0.25, -0.2) is 0 Å². The molecule has 0 spiro atoms. The number of fused-ring (bicyclic) bond motifs is 1. The number of likely N-dealkylation sites (N-methyl/N-ethyl adjacent to an activating group) is 1. The van der Waals surface area contributed by atoms with Crippen LogP contribution in [0, 0.1) is 13.8 Å². The van der Waals surface area contributed by atoms with Crippen molar-refractivity contribution in [2.24, 2.45) is 0 Å². The third-order valence-corrected chi connectivity index (χ3v) is 4.56. The van der Waals surface area contributed by atoms with Crippen LogP contribution in [0.3, 0.4) is 0 Å². The summed E-state index contributed by atoms with van der Waals surface area (Å²) in [7, 11) is 4.03. The average Bonchev–Trinajstić information content (AvgIpc) is 2.91. The molecular weight excluding hydrogens is 312 g/mol. The van der Waals surface area contributed by atoms with Gasteiger partial charge in [-0.05, 0) is 45.1 Å². The van der Waals surface area contributed by atoms with Crippen molar-refractivity contribution in [2.75, 3.05) is 20.6 Å². The minimum Gasteiger partial charge on any atom is -0.451 e. The van der Waals surface area contributed by atoms with Crippen molar-refractivity contribution in [3.05, 3.63) is 71.0 Å². The minimum atomic E-state index is -0.172. The Labute approximate surface area is 148 Å². The molecule has 4 nitrogen and oxygen atoms in total. The Morgan fingerprint density at radius 2 is 1.84 bits per heavy atom. The highest BCUT2D eigenvalue weighted by molar-refractivity contribution is 5.99. The van der Waals surface area contributed by atoms with Gasteiger partial charge in [0.05, 0.1) is 6.04 Å². The number of nitrogens with one attached hydrogen (secondary N) is 1. The van der Waals surface area contributed by atoms with Crippen molar-refractivity contribution in [2.45, 2.75) is 19.9 Å².